The third kappa shape index (κ3) is 3.00. The molecule has 0 bridgehead atoms. The van der Waals surface area contributed by atoms with Crippen molar-refractivity contribution >= 4 is 11.3 Å². The van der Waals surface area contributed by atoms with Gasteiger partial charge in [0.1, 0.15) is 0 Å². The first-order chi connectivity index (χ1) is 7.25. The van der Waals surface area contributed by atoms with Gasteiger partial charge >= 0.3 is 0 Å². The van der Waals surface area contributed by atoms with Gasteiger partial charge in [-0.3, -0.25) is 0 Å². The van der Waals surface area contributed by atoms with Crippen LogP contribution in [0.15, 0.2) is 6.20 Å². The van der Waals surface area contributed by atoms with Crippen molar-refractivity contribution < 1.29 is 0 Å². The van der Waals surface area contributed by atoms with Gasteiger partial charge in [-0.15, -0.1) is 11.3 Å². The molecule has 0 spiro atoms. The minimum atomic E-state index is 0.667. The quantitative estimate of drug-likeness (QED) is 0.816. The van der Waals surface area contributed by atoms with E-state index in [1.807, 2.05) is 6.20 Å². The molecule has 0 aromatic carbocycles. The molecule has 0 radical (unpaired) electrons. The van der Waals surface area contributed by atoms with Crippen LogP contribution in [0.1, 0.15) is 23.2 Å². The van der Waals surface area contributed by atoms with E-state index in [1.54, 1.807) is 11.3 Å². The molecular weight excluding hydrogens is 206 g/mol. The first-order valence-corrected chi connectivity index (χ1v) is 6.43. The van der Waals surface area contributed by atoms with Crippen LogP contribution in [0.5, 0.6) is 0 Å². The molecule has 1 aromatic rings. The zero-order chi connectivity index (χ0) is 10.7. The molecule has 1 fully saturated rings. The van der Waals surface area contributed by atoms with E-state index in [0.717, 1.165) is 24.0 Å². The Morgan fingerprint density at radius 1 is 1.67 bits per heavy atom. The summed E-state index contributed by atoms with van der Waals surface area (Å²) in [7, 11) is 0. The summed E-state index contributed by atoms with van der Waals surface area (Å²) in [6, 6.07) is 0.667. The summed E-state index contributed by atoms with van der Waals surface area (Å²) in [6.07, 6.45) is 3.28. The van der Waals surface area contributed by atoms with Gasteiger partial charge in [-0.05, 0) is 39.3 Å². The van der Waals surface area contributed by atoms with Crippen molar-refractivity contribution in [2.24, 2.45) is 5.92 Å². The minimum absolute atomic E-state index is 0.667. The van der Waals surface area contributed by atoms with Gasteiger partial charge in [0.2, 0.25) is 0 Å². The largest absolute Gasteiger partial charge is 0.314 e. The van der Waals surface area contributed by atoms with E-state index in [2.05, 4.69) is 29.5 Å². The molecule has 84 valence electrons. The third-order valence-electron chi connectivity index (χ3n) is 3.06. The predicted octanol–water partition coefficient (Wildman–Crippen LogP) is 1.54. The van der Waals surface area contributed by atoms with Crippen molar-refractivity contribution in [3.63, 3.8) is 0 Å². The van der Waals surface area contributed by atoms with Crippen LogP contribution in [0, 0.1) is 12.8 Å². The zero-order valence-electron chi connectivity index (χ0n) is 9.42. The van der Waals surface area contributed by atoms with Crippen molar-refractivity contribution in [1.82, 2.24) is 15.6 Å². The highest BCUT2D eigenvalue weighted by Crippen LogP contribution is 2.15. The molecule has 2 N–H and O–H groups in total. The molecule has 2 rings (SSSR count). The molecule has 2 heterocycles. The second-order valence-electron chi connectivity index (χ2n) is 4.27. The standard InChI is InChI=1S/C11H19N3S/c1-8-10(3-4-13-8)5-12-6-11-7-14-9(2)15-11/h7-8,10,12-13H,3-6H2,1-2H3. The highest BCUT2D eigenvalue weighted by molar-refractivity contribution is 7.11. The first-order valence-electron chi connectivity index (χ1n) is 5.61. The third-order valence-corrected chi connectivity index (χ3v) is 3.98. The maximum absolute atomic E-state index is 4.25. The number of rotatable bonds is 4. The van der Waals surface area contributed by atoms with Crippen molar-refractivity contribution in [3.05, 3.63) is 16.1 Å². The maximum atomic E-state index is 4.25. The Kier molecular flexibility index (Phi) is 3.72. The van der Waals surface area contributed by atoms with E-state index < -0.39 is 0 Å². The number of hydrogen-bond acceptors (Lipinski definition) is 4. The highest BCUT2D eigenvalue weighted by Gasteiger charge is 2.21. The van der Waals surface area contributed by atoms with Crippen LogP contribution < -0.4 is 10.6 Å². The molecule has 0 amide bonds. The minimum Gasteiger partial charge on any atom is -0.314 e. The van der Waals surface area contributed by atoms with E-state index in [1.165, 1.54) is 17.8 Å². The van der Waals surface area contributed by atoms with Gasteiger partial charge in [0, 0.05) is 23.7 Å². The molecule has 1 saturated heterocycles. The fraction of sp³-hybridized carbons (Fsp3) is 0.727. The van der Waals surface area contributed by atoms with E-state index in [0.29, 0.717) is 6.04 Å². The summed E-state index contributed by atoms with van der Waals surface area (Å²) in [4.78, 5) is 5.59. The van der Waals surface area contributed by atoms with E-state index in [9.17, 15) is 0 Å². The highest BCUT2D eigenvalue weighted by atomic mass is 32.1. The van der Waals surface area contributed by atoms with Gasteiger partial charge < -0.3 is 10.6 Å². The Morgan fingerprint density at radius 3 is 3.13 bits per heavy atom. The summed E-state index contributed by atoms with van der Waals surface area (Å²) in [5, 5.41) is 8.15. The van der Waals surface area contributed by atoms with Gasteiger partial charge in [-0.25, -0.2) is 4.98 Å². The first kappa shape index (κ1) is 11.0. The molecule has 4 heteroatoms. The van der Waals surface area contributed by atoms with Crippen LogP contribution >= 0.6 is 11.3 Å². The molecule has 2 atom stereocenters. The predicted molar refractivity (Wildman–Crippen MR) is 64.1 cm³/mol. The summed E-state index contributed by atoms with van der Waals surface area (Å²) >= 11 is 1.78. The van der Waals surface area contributed by atoms with Gasteiger partial charge in [0.25, 0.3) is 0 Å². The average molecular weight is 225 g/mol. The van der Waals surface area contributed by atoms with Crippen LogP contribution in [-0.4, -0.2) is 24.1 Å². The van der Waals surface area contributed by atoms with Crippen molar-refractivity contribution in [2.45, 2.75) is 32.9 Å². The van der Waals surface area contributed by atoms with Crippen LogP contribution in [0.4, 0.5) is 0 Å². The van der Waals surface area contributed by atoms with Crippen LogP contribution in [0.3, 0.4) is 0 Å². The summed E-state index contributed by atoms with van der Waals surface area (Å²) < 4.78 is 0. The lowest BCUT2D eigenvalue weighted by Crippen LogP contribution is -2.30. The lowest BCUT2D eigenvalue weighted by atomic mass is 10.0. The molecule has 0 aliphatic carbocycles. The monoisotopic (exact) mass is 225 g/mol. The van der Waals surface area contributed by atoms with Crippen molar-refractivity contribution in [3.8, 4) is 0 Å². The average Bonchev–Trinajstić information content (AvgIpc) is 2.77. The molecule has 1 aromatic heterocycles. The van der Waals surface area contributed by atoms with Gasteiger partial charge in [-0.1, -0.05) is 0 Å². The molecule has 3 nitrogen and oxygen atoms in total. The van der Waals surface area contributed by atoms with Gasteiger partial charge in [0.05, 0.1) is 5.01 Å². The number of nitrogens with one attached hydrogen (secondary N) is 2. The number of thiazole rings is 1. The van der Waals surface area contributed by atoms with Gasteiger partial charge in [0.15, 0.2) is 0 Å². The van der Waals surface area contributed by atoms with Crippen LogP contribution in [0.2, 0.25) is 0 Å². The Bertz CT molecular complexity index is 311. The number of aromatic nitrogens is 1. The fourth-order valence-corrected chi connectivity index (χ4v) is 2.82. The molecule has 0 saturated carbocycles. The van der Waals surface area contributed by atoms with E-state index in [-0.39, 0.29) is 0 Å². The Morgan fingerprint density at radius 2 is 2.53 bits per heavy atom. The normalized spacial score (nSPS) is 26.0. The van der Waals surface area contributed by atoms with E-state index in [4.69, 9.17) is 0 Å². The van der Waals surface area contributed by atoms with Crippen molar-refractivity contribution in [1.29, 1.82) is 0 Å². The number of aryl methyl sites for hydroxylation is 1. The van der Waals surface area contributed by atoms with Gasteiger partial charge in [-0.2, -0.15) is 0 Å². The van der Waals surface area contributed by atoms with Crippen molar-refractivity contribution in [2.75, 3.05) is 13.1 Å². The summed E-state index contributed by atoms with van der Waals surface area (Å²) in [5.74, 6) is 0.791. The zero-order valence-corrected chi connectivity index (χ0v) is 10.2. The topological polar surface area (TPSA) is 37.0 Å². The summed E-state index contributed by atoms with van der Waals surface area (Å²) in [6.45, 7) is 7.58. The number of hydrogen-bond donors (Lipinski definition) is 2. The summed E-state index contributed by atoms with van der Waals surface area (Å²) in [5.41, 5.74) is 0. The molecule has 2 unspecified atom stereocenters. The Hall–Kier alpha value is -0.450. The molecule has 1 aliphatic heterocycles. The SMILES string of the molecule is Cc1ncc(CNCC2CCNC2C)s1. The second kappa shape index (κ2) is 5.05. The molecule has 1 aliphatic rings. The lowest BCUT2D eigenvalue weighted by Gasteiger charge is -2.15. The van der Waals surface area contributed by atoms with E-state index >= 15 is 0 Å². The lowest BCUT2D eigenvalue weighted by molar-refractivity contribution is 0.440. The van der Waals surface area contributed by atoms with Crippen LogP contribution in [-0.2, 0) is 6.54 Å². The molecular formula is C11H19N3S. The second-order valence-corrected chi connectivity index (χ2v) is 5.59. The maximum Gasteiger partial charge on any atom is 0.0897 e. The Labute approximate surface area is 95.3 Å². The smallest absolute Gasteiger partial charge is 0.0897 e. The van der Waals surface area contributed by atoms with Crippen LogP contribution in [0.25, 0.3) is 0 Å². The fourth-order valence-electron chi connectivity index (χ4n) is 2.06. The number of nitrogens with zero attached hydrogens (tertiary/aromatic N) is 1. The molecule has 15 heavy (non-hydrogen) atoms. The Balaban J connectivity index is 1.70.